The number of hydrogen-bond donors (Lipinski definition) is 1. The van der Waals surface area contributed by atoms with Crippen molar-refractivity contribution in [1.82, 2.24) is 9.88 Å². The molecule has 136 valence electrons. The average molecular weight is 370 g/mol. The molecule has 1 aliphatic rings. The lowest BCUT2D eigenvalue weighted by Gasteiger charge is -2.35. The van der Waals surface area contributed by atoms with E-state index in [1.165, 1.54) is 11.8 Å². The number of piperazine rings is 1. The first-order chi connectivity index (χ1) is 12.6. The molecule has 3 rings (SSSR count). The number of thioether (sulfide) groups is 1. The summed E-state index contributed by atoms with van der Waals surface area (Å²) in [5.41, 5.74) is 1.89. The Labute approximate surface area is 157 Å². The molecule has 1 aliphatic heterocycles. The molecule has 7 heteroatoms. The maximum atomic E-state index is 12.1. The highest BCUT2D eigenvalue weighted by atomic mass is 32.2. The van der Waals surface area contributed by atoms with Crippen molar-refractivity contribution in [1.29, 1.82) is 0 Å². The molecule has 1 saturated heterocycles. The zero-order valence-corrected chi connectivity index (χ0v) is 15.5. The summed E-state index contributed by atoms with van der Waals surface area (Å²) in [4.78, 5) is 31.8. The smallest absolute Gasteiger partial charge is 0.234 e. The molecule has 2 amide bonds. The van der Waals surface area contributed by atoms with E-state index < -0.39 is 0 Å². The van der Waals surface area contributed by atoms with Crippen LogP contribution in [0.4, 0.5) is 11.4 Å². The largest absolute Gasteiger partial charge is 0.368 e. The summed E-state index contributed by atoms with van der Waals surface area (Å²) < 4.78 is 0. The first kappa shape index (κ1) is 18.3. The number of nitrogens with zero attached hydrogens (tertiary/aromatic N) is 3. The number of carbonyl (C=O) groups is 2. The van der Waals surface area contributed by atoms with Crippen LogP contribution in [0.25, 0.3) is 0 Å². The van der Waals surface area contributed by atoms with Crippen molar-refractivity contribution < 1.29 is 9.59 Å². The number of amides is 2. The van der Waals surface area contributed by atoms with Gasteiger partial charge in [-0.15, -0.1) is 0 Å². The molecule has 0 aliphatic carbocycles. The summed E-state index contributed by atoms with van der Waals surface area (Å²) in [5, 5.41) is 3.74. The van der Waals surface area contributed by atoms with Crippen molar-refractivity contribution in [2.75, 3.05) is 42.1 Å². The van der Waals surface area contributed by atoms with Gasteiger partial charge in [-0.2, -0.15) is 0 Å². The summed E-state index contributed by atoms with van der Waals surface area (Å²) in [6, 6.07) is 13.5. The zero-order valence-electron chi connectivity index (χ0n) is 14.7. The molecule has 2 heterocycles. The van der Waals surface area contributed by atoms with Crippen LogP contribution in [0.1, 0.15) is 6.92 Å². The van der Waals surface area contributed by atoms with Crippen LogP contribution in [0, 0.1) is 0 Å². The van der Waals surface area contributed by atoms with E-state index in [0.717, 1.165) is 42.6 Å². The fourth-order valence-electron chi connectivity index (χ4n) is 2.80. The quantitative estimate of drug-likeness (QED) is 0.819. The summed E-state index contributed by atoms with van der Waals surface area (Å²) in [5.74, 6) is 0.404. The average Bonchev–Trinajstić information content (AvgIpc) is 2.68. The highest BCUT2D eigenvalue weighted by Crippen LogP contribution is 2.20. The first-order valence-corrected chi connectivity index (χ1v) is 9.54. The lowest BCUT2D eigenvalue weighted by atomic mass is 10.2. The Hall–Kier alpha value is -2.54. The SMILES string of the molecule is CC(=O)N1CCN(c2ccc(NC(=O)CSc3ccccn3)cc2)CC1. The maximum Gasteiger partial charge on any atom is 0.234 e. The van der Waals surface area contributed by atoms with Crippen LogP contribution in [0.5, 0.6) is 0 Å². The lowest BCUT2D eigenvalue weighted by molar-refractivity contribution is -0.129. The van der Waals surface area contributed by atoms with Gasteiger partial charge in [0.05, 0.1) is 10.8 Å². The van der Waals surface area contributed by atoms with E-state index in [1.807, 2.05) is 47.4 Å². The molecule has 26 heavy (non-hydrogen) atoms. The number of pyridine rings is 1. The van der Waals surface area contributed by atoms with Crippen molar-refractivity contribution in [3.63, 3.8) is 0 Å². The second-order valence-electron chi connectivity index (χ2n) is 6.04. The molecular formula is C19H22N4O2S. The Bertz CT molecular complexity index is 744. The van der Waals surface area contributed by atoms with E-state index >= 15 is 0 Å². The number of benzene rings is 1. The van der Waals surface area contributed by atoms with Gasteiger partial charge in [-0.25, -0.2) is 4.98 Å². The topological polar surface area (TPSA) is 65.5 Å². The number of carbonyl (C=O) groups excluding carboxylic acids is 2. The normalized spacial score (nSPS) is 14.2. The molecule has 6 nitrogen and oxygen atoms in total. The van der Waals surface area contributed by atoms with E-state index in [-0.39, 0.29) is 11.8 Å². The molecule has 0 bridgehead atoms. The maximum absolute atomic E-state index is 12.1. The van der Waals surface area contributed by atoms with Crippen molar-refractivity contribution in [2.24, 2.45) is 0 Å². The minimum atomic E-state index is -0.0523. The van der Waals surface area contributed by atoms with Crippen LogP contribution in [-0.2, 0) is 9.59 Å². The van der Waals surface area contributed by atoms with E-state index in [2.05, 4.69) is 15.2 Å². The van der Waals surface area contributed by atoms with E-state index in [9.17, 15) is 9.59 Å². The van der Waals surface area contributed by atoms with Gasteiger partial charge >= 0.3 is 0 Å². The fraction of sp³-hybridized carbons (Fsp3) is 0.316. The van der Waals surface area contributed by atoms with Crippen LogP contribution in [0.3, 0.4) is 0 Å². The lowest BCUT2D eigenvalue weighted by Crippen LogP contribution is -2.48. The van der Waals surface area contributed by atoms with Crippen LogP contribution in [0.2, 0.25) is 0 Å². The number of anilines is 2. The zero-order chi connectivity index (χ0) is 18.4. The molecule has 1 aromatic heterocycles. The Balaban J connectivity index is 1.48. The Kier molecular flexibility index (Phi) is 6.12. The van der Waals surface area contributed by atoms with Gasteiger partial charge < -0.3 is 15.1 Å². The van der Waals surface area contributed by atoms with Gasteiger partial charge in [0.1, 0.15) is 0 Å². The summed E-state index contributed by atoms with van der Waals surface area (Å²) >= 11 is 1.41. The fourth-order valence-corrected chi connectivity index (χ4v) is 3.47. The second kappa shape index (κ2) is 8.71. The van der Waals surface area contributed by atoms with Crippen LogP contribution in [0.15, 0.2) is 53.7 Å². The predicted molar refractivity (Wildman–Crippen MR) is 104 cm³/mol. The molecule has 0 saturated carbocycles. The van der Waals surface area contributed by atoms with Crippen LogP contribution in [-0.4, -0.2) is 53.6 Å². The van der Waals surface area contributed by atoms with Gasteiger partial charge in [0.2, 0.25) is 11.8 Å². The molecule has 1 fully saturated rings. The van der Waals surface area contributed by atoms with Crippen molar-refractivity contribution in [2.45, 2.75) is 11.9 Å². The number of hydrogen-bond acceptors (Lipinski definition) is 5. The van der Waals surface area contributed by atoms with Crippen molar-refractivity contribution in [3.05, 3.63) is 48.7 Å². The highest BCUT2D eigenvalue weighted by molar-refractivity contribution is 7.99. The first-order valence-electron chi connectivity index (χ1n) is 8.56. The Morgan fingerprint density at radius 3 is 2.42 bits per heavy atom. The third-order valence-electron chi connectivity index (χ3n) is 4.23. The molecule has 0 atom stereocenters. The third-order valence-corrected chi connectivity index (χ3v) is 5.17. The van der Waals surface area contributed by atoms with E-state index in [1.54, 1.807) is 13.1 Å². The summed E-state index contributed by atoms with van der Waals surface area (Å²) in [6.45, 7) is 4.76. The van der Waals surface area contributed by atoms with Gasteiger partial charge in [0, 0.05) is 50.7 Å². The molecular weight excluding hydrogens is 348 g/mol. The number of rotatable bonds is 5. The van der Waals surface area contributed by atoms with Gasteiger partial charge in [-0.05, 0) is 36.4 Å². The predicted octanol–water partition coefficient (Wildman–Crippen LogP) is 2.48. The second-order valence-corrected chi connectivity index (χ2v) is 7.04. The minimum absolute atomic E-state index is 0.0523. The molecule has 2 aromatic rings. The standard InChI is InChI=1S/C19H22N4O2S/c1-15(24)22-10-12-23(13-11-22)17-7-5-16(6-8-17)21-18(25)14-26-19-4-2-3-9-20-19/h2-9H,10-14H2,1H3,(H,21,25). The summed E-state index contributed by atoms with van der Waals surface area (Å²) in [7, 11) is 0. The summed E-state index contributed by atoms with van der Waals surface area (Å²) in [6.07, 6.45) is 1.72. The van der Waals surface area contributed by atoms with Gasteiger partial charge in [0.15, 0.2) is 0 Å². The number of aromatic nitrogens is 1. The van der Waals surface area contributed by atoms with Crippen LogP contribution < -0.4 is 10.2 Å². The van der Waals surface area contributed by atoms with Crippen molar-refractivity contribution in [3.8, 4) is 0 Å². The monoisotopic (exact) mass is 370 g/mol. The van der Waals surface area contributed by atoms with Gasteiger partial charge in [0.25, 0.3) is 0 Å². The molecule has 0 radical (unpaired) electrons. The number of nitrogens with one attached hydrogen (secondary N) is 1. The minimum Gasteiger partial charge on any atom is -0.368 e. The molecule has 0 unspecified atom stereocenters. The molecule has 1 N–H and O–H groups in total. The van der Waals surface area contributed by atoms with Gasteiger partial charge in [-0.3, -0.25) is 9.59 Å². The Morgan fingerprint density at radius 1 is 1.08 bits per heavy atom. The molecule has 0 spiro atoms. The highest BCUT2D eigenvalue weighted by Gasteiger charge is 2.18. The van der Waals surface area contributed by atoms with Crippen LogP contribution >= 0.6 is 11.8 Å². The third kappa shape index (κ3) is 4.98. The van der Waals surface area contributed by atoms with Gasteiger partial charge in [-0.1, -0.05) is 17.8 Å². The molecule has 1 aromatic carbocycles. The van der Waals surface area contributed by atoms with E-state index in [4.69, 9.17) is 0 Å². The Morgan fingerprint density at radius 2 is 1.81 bits per heavy atom. The van der Waals surface area contributed by atoms with E-state index in [0.29, 0.717) is 5.75 Å². The van der Waals surface area contributed by atoms with Crippen molar-refractivity contribution >= 4 is 35.0 Å².